The zero-order valence-corrected chi connectivity index (χ0v) is 8.85. The van der Waals surface area contributed by atoms with Gasteiger partial charge in [-0.05, 0) is 30.0 Å². The van der Waals surface area contributed by atoms with Gasteiger partial charge in [-0.3, -0.25) is 0 Å². The van der Waals surface area contributed by atoms with Crippen molar-refractivity contribution in [2.24, 2.45) is 5.92 Å². The van der Waals surface area contributed by atoms with Crippen LogP contribution < -0.4 is 0 Å². The summed E-state index contributed by atoms with van der Waals surface area (Å²) in [7, 11) is 0. The molecular weight excluding hydrogens is 180 g/mol. The highest BCUT2D eigenvalue weighted by Crippen LogP contribution is 2.15. The molecule has 13 heavy (non-hydrogen) atoms. The molecule has 1 atom stereocenters. The molecule has 0 saturated heterocycles. The van der Waals surface area contributed by atoms with Crippen LogP contribution in [0.25, 0.3) is 0 Å². The van der Waals surface area contributed by atoms with E-state index in [1.165, 1.54) is 12.0 Å². The second kappa shape index (κ2) is 5.29. The summed E-state index contributed by atoms with van der Waals surface area (Å²) >= 11 is 5.80. The maximum absolute atomic E-state index is 5.80. The minimum absolute atomic E-state index is 0.721. The lowest BCUT2D eigenvalue weighted by molar-refractivity contribution is 0.535. The first-order valence-corrected chi connectivity index (χ1v) is 5.14. The molecule has 0 N–H and O–H groups in total. The van der Waals surface area contributed by atoms with E-state index in [1.54, 1.807) is 0 Å². The van der Waals surface area contributed by atoms with Gasteiger partial charge in [-0.2, -0.15) is 0 Å². The summed E-state index contributed by atoms with van der Waals surface area (Å²) in [5.74, 6) is 0.721. The highest BCUT2D eigenvalue weighted by atomic mass is 35.5. The Kier molecular flexibility index (Phi) is 4.31. The van der Waals surface area contributed by atoms with Crippen LogP contribution in [-0.4, -0.2) is 0 Å². The van der Waals surface area contributed by atoms with E-state index in [9.17, 15) is 0 Å². The molecule has 0 fully saturated rings. The molecule has 1 radical (unpaired) electrons. The van der Waals surface area contributed by atoms with Gasteiger partial charge in [0.1, 0.15) is 0 Å². The Hall–Kier alpha value is -0.490. The van der Waals surface area contributed by atoms with Crippen LogP contribution in [0.4, 0.5) is 0 Å². The second-order valence-corrected chi connectivity index (χ2v) is 4.01. The van der Waals surface area contributed by atoms with E-state index in [1.807, 2.05) is 12.1 Å². The van der Waals surface area contributed by atoms with Crippen molar-refractivity contribution >= 4 is 11.6 Å². The van der Waals surface area contributed by atoms with Crippen LogP contribution in [-0.2, 0) is 6.42 Å². The Balaban J connectivity index is 2.49. The van der Waals surface area contributed by atoms with Crippen molar-refractivity contribution in [1.29, 1.82) is 0 Å². The second-order valence-electron chi connectivity index (χ2n) is 3.58. The van der Waals surface area contributed by atoms with Crippen molar-refractivity contribution < 1.29 is 0 Å². The quantitative estimate of drug-likeness (QED) is 0.678. The highest BCUT2D eigenvalue weighted by Gasteiger charge is 2.01. The zero-order chi connectivity index (χ0) is 9.68. The Morgan fingerprint density at radius 3 is 2.46 bits per heavy atom. The van der Waals surface area contributed by atoms with Crippen LogP contribution in [0.1, 0.15) is 25.3 Å². The van der Waals surface area contributed by atoms with E-state index in [-0.39, 0.29) is 0 Å². The van der Waals surface area contributed by atoms with E-state index >= 15 is 0 Å². The van der Waals surface area contributed by atoms with Gasteiger partial charge in [0, 0.05) is 5.02 Å². The van der Waals surface area contributed by atoms with E-state index in [0.717, 1.165) is 23.8 Å². The van der Waals surface area contributed by atoms with Crippen molar-refractivity contribution in [3.8, 4) is 0 Å². The first-order valence-electron chi connectivity index (χ1n) is 4.76. The third-order valence-electron chi connectivity index (χ3n) is 2.19. The zero-order valence-electron chi connectivity index (χ0n) is 8.09. The predicted octanol–water partition coefficient (Wildman–Crippen LogP) is 4.13. The summed E-state index contributed by atoms with van der Waals surface area (Å²) in [6, 6.07) is 8.10. The fourth-order valence-corrected chi connectivity index (χ4v) is 1.60. The van der Waals surface area contributed by atoms with Crippen LogP contribution in [0.5, 0.6) is 0 Å². The molecule has 0 aliphatic carbocycles. The summed E-state index contributed by atoms with van der Waals surface area (Å²) in [5.41, 5.74) is 1.37. The monoisotopic (exact) mass is 195 g/mol. The maximum Gasteiger partial charge on any atom is 0.0406 e. The van der Waals surface area contributed by atoms with E-state index in [2.05, 4.69) is 26.0 Å². The lowest BCUT2D eigenvalue weighted by Crippen LogP contribution is -1.98. The third-order valence-corrected chi connectivity index (χ3v) is 2.45. The molecule has 71 valence electrons. The number of hydrogen-bond acceptors (Lipinski definition) is 0. The third kappa shape index (κ3) is 3.82. The number of halogens is 1. The van der Waals surface area contributed by atoms with Gasteiger partial charge in [-0.15, -0.1) is 0 Å². The first kappa shape index (κ1) is 10.6. The molecule has 0 amide bonds. The van der Waals surface area contributed by atoms with Crippen molar-refractivity contribution in [1.82, 2.24) is 0 Å². The molecule has 0 spiro atoms. The van der Waals surface area contributed by atoms with Crippen molar-refractivity contribution in [2.45, 2.75) is 26.2 Å². The molecule has 0 aliphatic heterocycles. The van der Waals surface area contributed by atoms with Crippen molar-refractivity contribution in [3.63, 3.8) is 0 Å². The smallest absolute Gasteiger partial charge is 0.0406 e. The molecule has 0 saturated carbocycles. The van der Waals surface area contributed by atoms with Gasteiger partial charge in [0.2, 0.25) is 0 Å². The van der Waals surface area contributed by atoms with Crippen LogP contribution in [0.2, 0.25) is 5.02 Å². The Morgan fingerprint density at radius 1 is 1.31 bits per heavy atom. The number of rotatable bonds is 4. The topological polar surface area (TPSA) is 0 Å². The fourth-order valence-electron chi connectivity index (χ4n) is 1.47. The highest BCUT2D eigenvalue weighted by molar-refractivity contribution is 6.30. The van der Waals surface area contributed by atoms with Crippen molar-refractivity contribution in [3.05, 3.63) is 41.8 Å². The van der Waals surface area contributed by atoms with E-state index < -0.39 is 0 Å². The number of hydrogen-bond donors (Lipinski definition) is 0. The predicted molar refractivity (Wildman–Crippen MR) is 58.9 cm³/mol. The molecule has 0 heterocycles. The minimum atomic E-state index is 0.721. The van der Waals surface area contributed by atoms with Gasteiger partial charge in [0.15, 0.2) is 0 Å². The van der Waals surface area contributed by atoms with Gasteiger partial charge in [0.05, 0.1) is 0 Å². The Morgan fingerprint density at radius 2 is 1.92 bits per heavy atom. The molecule has 0 aromatic heterocycles. The van der Waals surface area contributed by atoms with E-state index in [0.29, 0.717) is 0 Å². The molecule has 0 nitrogen and oxygen atoms in total. The van der Waals surface area contributed by atoms with Crippen LogP contribution in [0.3, 0.4) is 0 Å². The lowest BCUT2D eigenvalue weighted by Gasteiger charge is -2.09. The summed E-state index contributed by atoms with van der Waals surface area (Å²) in [5, 5.41) is 0.813. The SMILES string of the molecule is [CH2]CCC(C)Cc1ccc(Cl)cc1. The maximum atomic E-state index is 5.80. The number of benzene rings is 1. The van der Waals surface area contributed by atoms with Crippen molar-refractivity contribution in [2.75, 3.05) is 0 Å². The Labute approximate surface area is 85.9 Å². The molecule has 0 bridgehead atoms. The summed E-state index contributed by atoms with van der Waals surface area (Å²) in [4.78, 5) is 0. The largest absolute Gasteiger partial charge is 0.0843 e. The van der Waals surface area contributed by atoms with Gasteiger partial charge < -0.3 is 0 Å². The summed E-state index contributed by atoms with van der Waals surface area (Å²) < 4.78 is 0. The first-order chi connectivity index (χ1) is 6.22. The van der Waals surface area contributed by atoms with Crippen LogP contribution in [0, 0.1) is 12.8 Å². The molecule has 1 rings (SSSR count). The van der Waals surface area contributed by atoms with Crippen LogP contribution >= 0.6 is 11.6 Å². The lowest BCUT2D eigenvalue weighted by atomic mass is 9.97. The molecular formula is C12H16Cl. The molecule has 1 unspecified atom stereocenters. The van der Waals surface area contributed by atoms with Crippen LogP contribution in [0.15, 0.2) is 24.3 Å². The molecule has 1 aromatic rings. The average molecular weight is 196 g/mol. The van der Waals surface area contributed by atoms with E-state index in [4.69, 9.17) is 11.6 Å². The van der Waals surface area contributed by atoms with Gasteiger partial charge >= 0.3 is 0 Å². The average Bonchev–Trinajstić information content (AvgIpc) is 2.09. The molecule has 1 heteroatoms. The summed E-state index contributed by atoms with van der Waals surface area (Å²) in [6.07, 6.45) is 3.35. The van der Waals surface area contributed by atoms with Gasteiger partial charge in [-0.25, -0.2) is 0 Å². The normalized spacial score (nSPS) is 12.8. The summed E-state index contributed by atoms with van der Waals surface area (Å²) in [6.45, 7) is 6.12. The molecule has 0 aliphatic rings. The van der Waals surface area contributed by atoms with Gasteiger partial charge in [0.25, 0.3) is 0 Å². The standard InChI is InChI=1S/C12H16Cl/c1-3-4-10(2)9-11-5-7-12(13)8-6-11/h5-8,10H,1,3-4,9H2,2H3. The van der Waals surface area contributed by atoms with Gasteiger partial charge in [-0.1, -0.05) is 50.4 Å². The fraction of sp³-hybridized carbons (Fsp3) is 0.417. The Bertz CT molecular complexity index is 238. The molecule has 1 aromatic carbocycles. The minimum Gasteiger partial charge on any atom is -0.0843 e.